The van der Waals surface area contributed by atoms with Gasteiger partial charge >= 0.3 is 11.9 Å². The lowest BCUT2D eigenvalue weighted by atomic mass is 9.85. The zero-order valence-electron chi connectivity index (χ0n) is 16.3. The summed E-state index contributed by atoms with van der Waals surface area (Å²) in [5.41, 5.74) is 11.6. The Labute approximate surface area is 171 Å². The molecule has 5 rings (SSSR count). The molecule has 158 valence electrons. The van der Waals surface area contributed by atoms with E-state index in [-0.39, 0.29) is 24.5 Å². The van der Waals surface area contributed by atoms with Crippen molar-refractivity contribution in [2.24, 2.45) is 16.5 Å². The minimum atomic E-state index is -2.51. The van der Waals surface area contributed by atoms with Crippen LogP contribution in [0.25, 0.3) is 10.9 Å². The van der Waals surface area contributed by atoms with Crippen LogP contribution >= 0.6 is 0 Å². The molecule has 11 heteroatoms. The molecule has 2 aromatic rings. The Morgan fingerprint density at radius 2 is 2.13 bits per heavy atom. The normalized spacial score (nSPS) is 31.6. The van der Waals surface area contributed by atoms with E-state index in [9.17, 15) is 15.0 Å². The van der Waals surface area contributed by atoms with Gasteiger partial charge in [-0.15, -0.1) is 0 Å². The molecule has 4 atom stereocenters. The number of aliphatic imine (C=N–C) groups is 1. The first-order valence-electron chi connectivity index (χ1n) is 9.79. The molecule has 1 saturated heterocycles. The standard InChI is InChI=1S/C19H23N7O4/c1-2-11-14-18(25-16(20)24-14)19(28,29)13(8-26(18)17(21)23-11)30-15(27)10-7-22-12-6-4-3-5-9(10)12/h3-7,11,13-14,28-29H,2,8H2,1H3,(H6,20,21,22,23,24,25,27)/p+1/t11-,13-,14-,18-/m0/s1. The number of aromatic nitrogens is 1. The number of nitrogens with two attached hydrogens (primary N) is 2. The summed E-state index contributed by atoms with van der Waals surface area (Å²) in [5.74, 6) is -2.89. The number of para-hydroxylation sites is 1. The number of H-pyrrole nitrogens is 1. The number of guanidine groups is 2. The van der Waals surface area contributed by atoms with Crippen LogP contribution in [0.4, 0.5) is 0 Å². The van der Waals surface area contributed by atoms with Gasteiger partial charge in [0.05, 0.1) is 5.56 Å². The van der Waals surface area contributed by atoms with Crippen LogP contribution in [0.15, 0.2) is 35.5 Å². The molecule has 3 aliphatic rings. The van der Waals surface area contributed by atoms with E-state index in [4.69, 9.17) is 16.2 Å². The SMILES string of the molecule is CC[C@@H]1NC(N)=[N+]2C[C@H](OC(=O)c3c[nH]c4ccccc34)C(O)(O)[C@@]23NC(N)=N[C@@H]13. The van der Waals surface area contributed by atoms with Crippen molar-refractivity contribution in [2.45, 2.75) is 43.0 Å². The van der Waals surface area contributed by atoms with Crippen LogP contribution in [-0.4, -0.2) is 73.8 Å². The predicted molar refractivity (Wildman–Crippen MR) is 107 cm³/mol. The quantitative estimate of drug-likeness (QED) is 0.173. The van der Waals surface area contributed by atoms with Gasteiger partial charge in [-0.1, -0.05) is 25.1 Å². The predicted octanol–water partition coefficient (Wildman–Crippen LogP) is -1.92. The fourth-order valence-corrected chi connectivity index (χ4v) is 4.86. The molecule has 1 aromatic heterocycles. The van der Waals surface area contributed by atoms with Crippen LogP contribution in [0, 0.1) is 0 Å². The molecule has 0 saturated carbocycles. The minimum Gasteiger partial charge on any atom is -0.449 e. The largest absolute Gasteiger partial charge is 0.449 e. The first-order chi connectivity index (χ1) is 14.3. The highest BCUT2D eigenvalue weighted by atomic mass is 16.6. The molecule has 0 amide bonds. The number of rotatable bonds is 3. The molecule has 3 aliphatic heterocycles. The molecule has 0 bridgehead atoms. The highest BCUT2D eigenvalue weighted by Crippen LogP contribution is 2.43. The van der Waals surface area contributed by atoms with Gasteiger partial charge in [-0.2, -0.15) is 0 Å². The molecule has 11 nitrogen and oxygen atoms in total. The summed E-state index contributed by atoms with van der Waals surface area (Å²) in [6.07, 6.45) is 0.859. The smallest absolute Gasteiger partial charge is 0.346 e. The van der Waals surface area contributed by atoms with Crippen LogP contribution < -0.4 is 22.1 Å². The van der Waals surface area contributed by atoms with Crippen LogP contribution in [-0.2, 0) is 4.74 Å². The van der Waals surface area contributed by atoms with Crippen molar-refractivity contribution in [2.75, 3.05) is 6.54 Å². The van der Waals surface area contributed by atoms with Gasteiger partial charge in [0.25, 0.3) is 5.79 Å². The molecule has 4 heterocycles. The molecule has 1 aromatic carbocycles. The van der Waals surface area contributed by atoms with E-state index in [1.807, 2.05) is 25.1 Å². The summed E-state index contributed by atoms with van der Waals surface area (Å²) in [6.45, 7) is 1.88. The van der Waals surface area contributed by atoms with Gasteiger partial charge in [0.1, 0.15) is 18.6 Å². The number of nitrogens with zero attached hydrogens (tertiary/aromatic N) is 2. The van der Waals surface area contributed by atoms with Crippen molar-refractivity contribution in [3.8, 4) is 0 Å². The fraction of sp³-hybridized carbons (Fsp3) is 0.421. The Morgan fingerprint density at radius 3 is 2.90 bits per heavy atom. The molecule has 0 aliphatic carbocycles. The summed E-state index contributed by atoms with van der Waals surface area (Å²) in [6, 6.07) is 6.35. The first-order valence-corrected chi connectivity index (χ1v) is 9.79. The van der Waals surface area contributed by atoms with Gasteiger partial charge in [0.2, 0.25) is 5.66 Å². The molecular weight excluding hydrogens is 390 g/mol. The van der Waals surface area contributed by atoms with Gasteiger partial charge in [0, 0.05) is 17.1 Å². The van der Waals surface area contributed by atoms with Crippen LogP contribution in [0.2, 0.25) is 0 Å². The van der Waals surface area contributed by atoms with Crippen molar-refractivity contribution in [3.63, 3.8) is 0 Å². The topological polar surface area (TPSA) is 174 Å². The molecule has 9 N–H and O–H groups in total. The van der Waals surface area contributed by atoms with Crippen LogP contribution in [0.5, 0.6) is 0 Å². The zero-order chi connectivity index (χ0) is 21.3. The second-order valence-corrected chi connectivity index (χ2v) is 7.87. The third kappa shape index (κ3) is 2.24. The summed E-state index contributed by atoms with van der Waals surface area (Å²) in [5, 5.41) is 29.2. The lowest BCUT2D eigenvalue weighted by molar-refractivity contribution is -0.623. The Morgan fingerprint density at radius 1 is 1.37 bits per heavy atom. The highest BCUT2D eigenvalue weighted by molar-refractivity contribution is 6.04. The number of carbonyl (C=O) groups is 1. The van der Waals surface area contributed by atoms with Gasteiger partial charge in [-0.25, -0.2) is 14.4 Å². The number of hydrogen-bond donors (Lipinski definition) is 7. The van der Waals surface area contributed by atoms with Crippen molar-refractivity contribution >= 4 is 28.8 Å². The van der Waals surface area contributed by atoms with Gasteiger partial charge in [-0.3, -0.25) is 11.1 Å². The van der Waals surface area contributed by atoms with E-state index >= 15 is 0 Å². The summed E-state index contributed by atoms with van der Waals surface area (Å²) in [4.78, 5) is 20.3. The lowest BCUT2D eigenvalue weighted by Gasteiger charge is -2.43. The third-order valence-electron chi connectivity index (χ3n) is 6.31. The van der Waals surface area contributed by atoms with E-state index in [1.54, 1.807) is 6.07 Å². The van der Waals surface area contributed by atoms with Crippen molar-refractivity contribution in [3.05, 3.63) is 36.0 Å². The number of carbonyl (C=O) groups excluding carboxylic acids is 1. The number of fused-ring (bicyclic) bond motifs is 1. The summed E-state index contributed by atoms with van der Waals surface area (Å²) in [7, 11) is 0. The van der Waals surface area contributed by atoms with E-state index in [0.717, 1.165) is 5.52 Å². The van der Waals surface area contributed by atoms with E-state index in [0.29, 0.717) is 17.4 Å². The first kappa shape index (κ1) is 18.7. The van der Waals surface area contributed by atoms with Gasteiger partial charge in [0.15, 0.2) is 12.1 Å². The van der Waals surface area contributed by atoms with E-state index in [2.05, 4.69) is 20.6 Å². The lowest BCUT2D eigenvalue weighted by Crippen LogP contribution is -2.78. The number of aliphatic hydroxyl groups is 2. The Kier molecular flexibility index (Phi) is 3.80. The average Bonchev–Trinajstić information content (AvgIpc) is 3.35. The number of nitrogens with one attached hydrogen (secondary N) is 3. The second-order valence-electron chi connectivity index (χ2n) is 7.87. The number of ether oxygens (including phenoxy) is 1. The number of esters is 1. The third-order valence-corrected chi connectivity index (χ3v) is 6.31. The molecule has 1 fully saturated rings. The van der Waals surface area contributed by atoms with Gasteiger partial charge < -0.3 is 31.0 Å². The molecule has 30 heavy (non-hydrogen) atoms. The van der Waals surface area contributed by atoms with Crippen molar-refractivity contribution in [1.82, 2.24) is 15.6 Å². The van der Waals surface area contributed by atoms with Gasteiger partial charge in [-0.05, 0) is 12.5 Å². The minimum absolute atomic E-state index is 0.0529. The maximum Gasteiger partial charge on any atom is 0.346 e. The summed E-state index contributed by atoms with van der Waals surface area (Å²) >= 11 is 0. The molecule has 1 spiro atoms. The number of aromatic amines is 1. The zero-order valence-corrected chi connectivity index (χ0v) is 16.3. The van der Waals surface area contributed by atoms with Crippen LogP contribution in [0.1, 0.15) is 23.7 Å². The molecule has 0 radical (unpaired) electrons. The number of benzene rings is 1. The average molecular weight is 414 g/mol. The molecule has 0 unspecified atom stereocenters. The van der Waals surface area contributed by atoms with E-state index in [1.165, 1.54) is 10.8 Å². The molecular formula is C19H24N7O4+. The van der Waals surface area contributed by atoms with Crippen molar-refractivity contribution in [1.29, 1.82) is 0 Å². The van der Waals surface area contributed by atoms with Crippen molar-refractivity contribution < 1.29 is 24.3 Å². The maximum atomic E-state index is 12.9. The monoisotopic (exact) mass is 414 g/mol. The van der Waals surface area contributed by atoms with Crippen LogP contribution in [0.3, 0.4) is 0 Å². The highest BCUT2D eigenvalue weighted by Gasteiger charge is 2.75. The Bertz CT molecular complexity index is 1110. The second kappa shape index (κ2) is 6.09. The Hall–Kier alpha value is -3.31. The number of hydrogen-bond acceptors (Lipinski definition) is 9. The maximum absolute atomic E-state index is 12.9. The summed E-state index contributed by atoms with van der Waals surface area (Å²) < 4.78 is 7.13. The fourth-order valence-electron chi connectivity index (χ4n) is 4.86. The Balaban J connectivity index is 1.52. The van der Waals surface area contributed by atoms with E-state index < -0.39 is 29.6 Å².